The van der Waals surface area contributed by atoms with Crippen LogP contribution in [-0.2, 0) is 11.3 Å². The normalized spacial score (nSPS) is 13.0. The second kappa shape index (κ2) is 7.48. The molecule has 118 valence electrons. The molecule has 2 N–H and O–H groups in total. The molecule has 0 bridgehead atoms. The van der Waals surface area contributed by atoms with E-state index in [9.17, 15) is 4.79 Å². The summed E-state index contributed by atoms with van der Waals surface area (Å²) in [5.74, 6) is 0.657. The van der Waals surface area contributed by atoms with Crippen LogP contribution in [0.4, 0.5) is 5.69 Å². The molecule has 1 aromatic carbocycles. The van der Waals surface area contributed by atoms with E-state index < -0.39 is 0 Å². The van der Waals surface area contributed by atoms with Crippen molar-refractivity contribution in [3.8, 4) is 0 Å². The smallest absolute Gasteiger partial charge is 0.223 e. The molecule has 0 aromatic heterocycles. The maximum Gasteiger partial charge on any atom is 0.223 e. The number of nitrogens with zero attached hydrogens (tertiary/aromatic N) is 1. The van der Waals surface area contributed by atoms with Gasteiger partial charge in [0.15, 0.2) is 0 Å². The van der Waals surface area contributed by atoms with E-state index in [4.69, 9.17) is 5.73 Å². The van der Waals surface area contributed by atoms with Crippen LogP contribution < -0.4 is 5.73 Å². The highest BCUT2D eigenvalue weighted by Crippen LogP contribution is 2.26. The van der Waals surface area contributed by atoms with Crippen molar-refractivity contribution in [2.45, 2.75) is 54.0 Å². The zero-order valence-corrected chi connectivity index (χ0v) is 14.1. The van der Waals surface area contributed by atoms with Gasteiger partial charge in [0.25, 0.3) is 0 Å². The van der Waals surface area contributed by atoms with E-state index in [2.05, 4.69) is 27.7 Å². The van der Waals surface area contributed by atoms with Crippen LogP contribution in [0.15, 0.2) is 24.3 Å². The summed E-state index contributed by atoms with van der Waals surface area (Å²) in [4.78, 5) is 14.4. The second-order valence-electron chi connectivity index (χ2n) is 7.22. The van der Waals surface area contributed by atoms with Gasteiger partial charge in [0.05, 0.1) is 0 Å². The van der Waals surface area contributed by atoms with E-state index in [-0.39, 0.29) is 11.3 Å². The maximum atomic E-state index is 12.4. The Labute approximate surface area is 129 Å². The van der Waals surface area contributed by atoms with Crippen LogP contribution in [0.25, 0.3) is 0 Å². The van der Waals surface area contributed by atoms with Gasteiger partial charge in [-0.1, -0.05) is 39.8 Å². The summed E-state index contributed by atoms with van der Waals surface area (Å²) in [7, 11) is 0. The van der Waals surface area contributed by atoms with Crippen molar-refractivity contribution in [2.24, 2.45) is 11.3 Å². The highest BCUT2D eigenvalue weighted by Gasteiger charge is 2.20. The molecule has 1 rings (SSSR count). The van der Waals surface area contributed by atoms with Crippen molar-refractivity contribution in [3.05, 3.63) is 29.8 Å². The molecule has 0 fully saturated rings. The van der Waals surface area contributed by atoms with Crippen LogP contribution in [0.5, 0.6) is 0 Å². The first kappa shape index (κ1) is 17.5. The lowest BCUT2D eigenvalue weighted by Crippen LogP contribution is -2.31. The summed E-state index contributed by atoms with van der Waals surface area (Å²) < 4.78 is 0. The first-order valence-electron chi connectivity index (χ1n) is 7.83. The van der Waals surface area contributed by atoms with E-state index >= 15 is 0 Å². The van der Waals surface area contributed by atoms with E-state index in [0.717, 1.165) is 24.2 Å². The Morgan fingerprint density at radius 3 is 2.29 bits per heavy atom. The number of carbonyl (C=O) groups excluding carboxylic acids is 1. The van der Waals surface area contributed by atoms with Gasteiger partial charge < -0.3 is 10.6 Å². The number of nitrogens with two attached hydrogens (primary N) is 1. The van der Waals surface area contributed by atoms with Crippen LogP contribution in [0.2, 0.25) is 0 Å². The van der Waals surface area contributed by atoms with E-state index in [1.54, 1.807) is 0 Å². The van der Waals surface area contributed by atoms with Crippen LogP contribution in [0.3, 0.4) is 0 Å². The van der Waals surface area contributed by atoms with E-state index in [1.165, 1.54) is 0 Å². The molecular formula is C18H30N2O. The van der Waals surface area contributed by atoms with E-state index in [1.807, 2.05) is 36.1 Å². The molecule has 0 saturated carbocycles. The summed E-state index contributed by atoms with van der Waals surface area (Å²) >= 11 is 0. The van der Waals surface area contributed by atoms with Gasteiger partial charge in [0.1, 0.15) is 0 Å². The fourth-order valence-electron chi connectivity index (χ4n) is 2.76. The summed E-state index contributed by atoms with van der Waals surface area (Å²) in [6, 6.07) is 7.75. The number of anilines is 1. The lowest BCUT2D eigenvalue weighted by Gasteiger charge is -2.26. The third-order valence-electron chi connectivity index (χ3n) is 3.57. The summed E-state index contributed by atoms with van der Waals surface area (Å²) in [6.07, 6.45) is 1.69. The number of hydrogen-bond acceptors (Lipinski definition) is 2. The highest BCUT2D eigenvalue weighted by atomic mass is 16.2. The topological polar surface area (TPSA) is 46.3 Å². The molecule has 1 unspecified atom stereocenters. The monoisotopic (exact) mass is 290 g/mol. The minimum absolute atomic E-state index is 0.242. The Morgan fingerprint density at radius 1 is 1.24 bits per heavy atom. The molecule has 0 aliphatic rings. The molecule has 0 heterocycles. The van der Waals surface area contributed by atoms with Gasteiger partial charge in [-0.25, -0.2) is 0 Å². The van der Waals surface area contributed by atoms with Crippen molar-refractivity contribution in [1.82, 2.24) is 4.90 Å². The predicted molar refractivity (Wildman–Crippen MR) is 89.8 cm³/mol. The SMILES string of the molecule is CCN(Cc1ccc(N)cc1)C(=O)CC(C)CC(C)(C)C. The summed E-state index contributed by atoms with van der Waals surface area (Å²) in [6.45, 7) is 12.3. The Balaban J connectivity index is 2.59. The Bertz CT molecular complexity index is 445. The average Bonchev–Trinajstić information content (AvgIpc) is 2.35. The van der Waals surface area contributed by atoms with Gasteiger partial charge >= 0.3 is 0 Å². The van der Waals surface area contributed by atoms with Crippen molar-refractivity contribution in [2.75, 3.05) is 12.3 Å². The van der Waals surface area contributed by atoms with Gasteiger partial charge in [-0.2, -0.15) is 0 Å². The molecule has 0 aliphatic heterocycles. The van der Waals surface area contributed by atoms with Gasteiger partial charge in [-0.3, -0.25) is 4.79 Å². The standard InChI is InChI=1S/C18H30N2O/c1-6-20(13-15-7-9-16(19)10-8-15)17(21)11-14(2)12-18(3,4)5/h7-10,14H,6,11-13,19H2,1-5H3. The third kappa shape index (κ3) is 6.65. The van der Waals surface area contributed by atoms with Gasteiger partial charge in [-0.05, 0) is 42.4 Å². The lowest BCUT2D eigenvalue weighted by molar-refractivity contribution is -0.132. The fraction of sp³-hybridized carbons (Fsp3) is 0.611. The van der Waals surface area contributed by atoms with Crippen LogP contribution >= 0.6 is 0 Å². The van der Waals surface area contributed by atoms with Crippen LogP contribution in [-0.4, -0.2) is 17.4 Å². The fourth-order valence-corrected chi connectivity index (χ4v) is 2.76. The molecule has 1 atom stereocenters. The second-order valence-corrected chi connectivity index (χ2v) is 7.22. The van der Waals surface area contributed by atoms with Gasteiger partial charge in [0, 0.05) is 25.2 Å². The molecule has 3 nitrogen and oxygen atoms in total. The number of carbonyl (C=O) groups is 1. The molecule has 0 spiro atoms. The molecule has 0 radical (unpaired) electrons. The minimum Gasteiger partial charge on any atom is -0.399 e. The zero-order valence-electron chi connectivity index (χ0n) is 14.1. The summed E-state index contributed by atoms with van der Waals surface area (Å²) in [5.41, 5.74) is 7.85. The molecule has 21 heavy (non-hydrogen) atoms. The van der Waals surface area contributed by atoms with Crippen molar-refractivity contribution >= 4 is 11.6 Å². The lowest BCUT2D eigenvalue weighted by atomic mass is 9.84. The van der Waals surface area contributed by atoms with Crippen LogP contribution in [0, 0.1) is 11.3 Å². The van der Waals surface area contributed by atoms with Gasteiger partial charge in [0.2, 0.25) is 5.91 Å². The van der Waals surface area contributed by atoms with Crippen LogP contribution in [0.1, 0.15) is 53.0 Å². The number of benzene rings is 1. The molecule has 1 amide bonds. The third-order valence-corrected chi connectivity index (χ3v) is 3.57. The molecule has 3 heteroatoms. The minimum atomic E-state index is 0.242. The first-order valence-corrected chi connectivity index (χ1v) is 7.83. The number of rotatable bonds is 6. The van der Waals surface area contributed by atoms with Gasteiger partial charge in [-0.15, -0.1) is 0 Å². The van der Waals surface area contributed by atoms with Crippen molar-refractivity contribution < 1.29 is 4.79 Å². The number of hydrogen-bond donors (Lipinski definition) is 1. The summed E-state index contributed by atoms with van der Waals surface area (Å²) in [5, 5.41) is 0. The Hall–Kier alpha value is -1.51. The van der Waals surface area contributed by atoms with Crippen molar-refractivity contribution in [3.63, 3.8) is 0 Å². The quantitative estimate of drug-likeness (QED) is 0.802. The Morgan fingerprint density at radius 2 is 1.81 bits per heavy atom. The maximum absolute atomic E-state index is 12.4. The molecule has 0 aliphatic carbocycles. The predicted octanol–water partition coefficient (Wildman–Crippen LogP) is 4.08. The van der Waals surface area contributed by atoms with Crippen molar-refractivity contribution in [1.29, 1.82) is 0 Å². The first-order chi connectivity index (χ1) is 9.71. The highest BCUT2D eigenvalue weighted by molar-refractivity contribution is 5.76. The Kier molecular flexibility index (Phi) is 6.25. The largest absolute Gasteiger partial charge is 0.399 e. The average molecular weight is 290 g/mol. The molecular weight excluding hydrogens is 260 g/mol. The number of nitrogen functional groups attached to an aromatic ring is 1. The number of amides is 1. The zero-order chi connectivity index (χ0) is 16.0. The molecule has 1 aromatic rings. The van der Waals surface area contributed by atoms with E-state index in [0.29, 0.717) is 18.9 Å². The molecule has 0 saturated heterocycles.